The Morgan fingerprint density at radius 3 is 2.76 bits per heavy atom. The Labute approximate surface area is 156 Å². The summed E-state index contributed by atoms with van der Waals surface area (Å²) in [7, 11) is 0. The molecular weight excluding hydrogens is 357 g/mol. The van der Waals surface area contributed by atoms with E-state index in [0.717, 1.165) is 28.8 Å². The van der Waals surface area contributed by atoms with E-state index in [2.05, 4.69) is 17.5 Å². The zero-order valence-electron chi connectivity index (χ0n) is 13.6. The number of halogens is 2. The van der Waals surface area contributed by atoms with E-state index < -0.39 is 5.97 Å². The van der Waals surface area contributed by atoms with Gasteiger partial charge < -0.3 is 10.4 Å². The Kier molecular flexibility index (Phi) is 4.01. The smallest absolute Gasteiger partial charge is 0.336 e. The van der Waals surface area contributed by atoms with Crippen molar-refractivity contribution in [3.05, 3.63) is 74.8 Å². The first-order chi connectivity index (χ1) is 12.0. The van der Waals surface area contributed by atoms with E-state index in [1.165, 1.54) is 0 Å². The van der Waals surface area contributed by atoms with Crippen LogP contribution in [-0.4, -0.2) is 11.1 Å². The molecule has 3 nitrogen and oxygen atoms in total. The van der Waals surface area contributed by atoms with Crippen molar-refractivity contribution in [2.45, 2.75) is 25.3 Å². The van der Waals surface area contributed by atoms with Crippen molar-refractivity contribution in [1.29, 1.82) is 0 Å². The third-order valence-electron chi connectivity index (χ3n) is 5.26. The van der Waals surface area contributed by atoms with Gasteiger partial charge in [-0.25, -0.2) is 4.79 Å². The number of nitrogens with one attached hydrogen (secondary N) is 1. The molecule has 1 heterocycles. The summed E-state index contributed by atoms with van der Waals surface area (Å²) >= 11 is 12.5. The Bertz CT molecular complexity index is 907. The summed E-state index contributed by atoms with van der Waals surface area (Å²) in [6.07, 6.45) is 5.15. The molecule has 0 fully saturated rings. The highest BCUT2D eigenvalue weighted by Gasteiger charge is 2.41. The molecule has 5 heteroatoms. The van der Waals surface area contributed by atoms with Gasteiger partial charge in [-0.1, -0.05) is 47.5 Å². The van der Waals surface area contributed by atoms with Gasteiger partial charge in [0.05, 0.1) is 11.6 Å². The van der Waals surface area contributed by atoms with Crippen LogP contribution in [0, 0.1) is 12.8 Å². The topological polar surface area (TPSA) is 49.3 Å². The maximum atomic E-state index is 11.7. The van der Waals surface area contributed by atoms with Crippen molar-refractivity contribution in [3.63, 3.8) is 0 Å². The largest absolute Gasteiger partial charge is 0.478 e. The van der Waals surface area contributed by atoms with Crippen molar-refractivity contribution in [2.24, 2.45) is 5.92 Å². The van der Waals surface area contributed by atoms with E-state index in [9.17, 15) is 9.90 Å². The highest BCUT2D eigenvalue weighted by molar-refractivity contribution is 6.35. The average Bonchev–Trinajstić information content (AvgIpc) is 3.04. The highest BCUT2D eigenvalue weighted by atomic mass is 35.5. The second kappa shape index (κ2) is 6.08. The van der Waals surface area contributed by atoms with E-state index >= 15 is 0 Å². The predicted molar refractivity (Wildman–Crippen MR) is 101 cm³/mol. The number of fused-ring (bicyclic) bond motifs is 3. The van der Waals surface area contributed by atoms with E-state index in [-0.39, 0.29) is 17.9 Å². The summed E-state index contributed by atoms with van der Waals surface area (Å²) < 4.78 is 0. The number of carboxylic acid groups (broad SMARTS) is 1. The zero-order valence-corrected chi connectivity index (χ0v) is 15.1. The van der Waals surface area contributed by atoms with Gasteiger partial charge in [-0.2, -0.15) is 0 Å². The van der Waals surface area contributed by atoms with E-state index in [4.69, 9.17) is 23.2 Å². The summed E-state index contributed by atoms with van der Waals surface area (Å²) in [6.45, 7) is 2.00. The first-order valence-electron chi connectivity index (χ1n) is 8.22. The van der Waals surface area contributed by atoms with Crippen LogP contribution in [0.25, 0.3) is 0 Å². The van der Waals surface area contributed by atoms with Gasteiger partial charge in [0.25, 0.3) is 0 Å². The van der Waals surface area contributed by atoms with Gasteiger partial charge in [0, 0.05) is 21.7 Å². The number of aromatic carboxylic acids is 1. The lowest BCUT2D eigenvalue weighted by atomic mass is 9.74. The molecule has 0 saturated carbocycles. The second-order valence-electron chi connectivity index (χ2n) is 6.67. The van der Waals surface area contributed by atoms with Crippen molar-refractivity contribution < 1.29 is 9.90 Å². The lowest BCUT2D eigenvalue weighted by molar-refractivity contribution is 0.0695. The van der Waals surface area contributed by atoms with Crippen molar-refractivity contribution in [1.82, 2.24) is 0 Å². The van der Waals surface area contributed by atoms with Gasteiger partial charge in [-0.15, -0.1) is 0 Å². The molecule has 25 heavy (non-hydrogen) atoms. The number of hydrogen-bond donors (Lipinski definition) is 2. The van der Waals surface area contributed by atoms with Gasteiger partial charge in [0.1, 0.15) is 0 Å². The van der Waals surface area contributed by atoms with Crippen LogP contribution in [-0.2, 0) is 0 Å². The molecule has 0 spiro atoms. The van der Waals surface area contributed by atoms with Crippen molar-refractivity contribution >= 4 is 34.9 Å². The second-order valence-corrected chi connectivity index (χ2v) is 7.51. The average molecular weight is 374 g/mol. The maximum absolute atomic E-state index is 11.7. The number of hydrogen-bond acceptors (Lipinski definition) is 2. The standard InChI is InChI=1S/C20H17Cl2NO2/c1-10-5-7-15(20(24)25)17-12-3-2-4-13(12)19(23-18(10)17)14-8-6-11(21)9-16(14)22/h2-3,5-9,12-13,19,23H,4H2,1H3,(H,24,25)/t12-,13+,19+/m1/s1. The molecule has 0 unspecified atom stereocenters. The Hall–Kier alpha value is -1.97. The number of benzene rings is 2. The first-order valence-corrected chi connectivity index (χ1v) is 8.98. The number of aryl methyl sites for hydroxylation is 1. The lowest BCUT2D eigenvalue weighted by Gasteiger charge is -2.39. The van der Waals surface area contributed by atoms with Crippen LogP contribution in [0.4, 0.5) is 5.69 Å². The van der Waals surface area contributed by atoms with E-state index in [1.54, 1.807) is 12.1 Å². The molecular formula is C20H17Cl2NO2. The third-order valence-corrected chi connectivity index (χ3v) is 5.82. The molecule has 2 aromatic carbocycles. The van der Waals surface area contributed by atoms with Crippen LogP contribution in [0.1, 0.15) is 45.4 Å². The van der Waals surface area contributed by atoms with E-state index in [0.29, 0.717) is 15.6 Å². The van der Waals surface area contributed by atoms with Gasteiger partial charge >= 0.3 is 5.97 Å². The Balaban J connectivity index is 1.89. The summed E-state index contributed by atoms with van der Waals surface area (Å²) in [5, 5.41) is 14.4. The molecule has 128 valence electrons. The summed E-state index contributed by atoms with van der Waals surface area (Å²) in [4.78, 5) is 11.7. The Morgan fingerprint density at radius 2 is 2.04 bits per heavy atom. The minimum Gasteiger partial charge on any atom is -0.478 e. The van der Waals surface area contributed by atoms with Crippen molar-refractivity contribution in [2.75, 3.05) is 5.32 Å². The van der Waals surface area contributed by atoms with Crippen molar-refractivity contribution in [3.8, 4) is 0 Å². The monoisotopic (exact) mass is 373 g/mol. The molecule has 3 atom stereocenters. The number of carboxylic acids is 1. The minimum absolute atomic E-state index is 0.0139. The van der Waals surface area contributed by atoms with E-state index in [1.807, 2.05) is 25.1 Å². The summed E-state index contributed by atoms with van der Waals surface area (Å²) in [6, 6.07) is 9.14. The van der Waals surface area contributed by atoms with Gasteiger partial charge in [-0.3, -0.25) is 0 Å². The molecule has 2 aromatic rings. The quantitative estimate of drug-likeness (QED) is 0.651. The van der Waals surface area contributed by atoms with Gasteiger partial charge in [-0.05, 0) is 54.2 Å². The molecule has 0 saturated heterocycles. The van der Waals surface area contributed by atoms with Gasteiger partial charge in [0.15, 0.2) is 0 Å². The molecule has 0 radical (unpaired) electrons. The number of anilines is 1. The predicted octanol–water partition coefficient (Wildman–Crippen LogP) is 5.83. The fourth-order valence-corrected chi connectivity index (χ4v) is 4.63. The summed E-state index contributed by atoms with van der Waals surface area (Å²) in [5.41, 5.74) is 4.19. The number of allylic oxidation sites excluding steroid dienone is 2. The minimum atomic E-state index is -0.889. The Morgan fingerprint density at radius 1 is 1.24 bits per heavy atom. The van der Waals surface area contributed by atoms with Gasteiger partial charge in [0.2, 0.25) is 0 Å². The molecule has 0 aromatic heterocycles. The van der Waals surface area contributed by atoms with Crippen LogP contribution in [0.5, 0.6) is 0 Å². The normalized spacial score (nSPS) is 23.7. The molecule has 0 amide bonds. The molecule has 4 rings (SSSR count). The maximum Gasteiger partial charge on any atom is 0.336 e. The number of carbonyl (C=O) groups is 1. The fraction of sp³-hybridized carbons (Fsp3) is 0.250. The highest BCUT2D eigenvalue weighted by Crippen LogP contribution is 2.52. The van der Waals surface area contributed by atoms with Crippen LogP contribution in [0.15, 0.2) is 42.5 Å². The number of rotatable bonds is 2. The lowest BCUT2D eigenvalue weighted by Crippen LogP contribution is -2.31. The fourth-order valence-electron chi connectivity index (χ4n) is 4.10. The molecule has 1 aliphatic carbocycles. The third kappa shape index (κ3) is 2.62. The molecule has 1 aliphatic heterocycles. The van der Waals surface area contributed by atoms with Crippen LogP contribution < -0.4 is 5.32 Å². The molecule has 0 bridgehead atoms. The van der Waals surface area contributed by atoms with Crippen LogP contribution >= 0.6 is 23.2 Å². The zero-order chi connectivity index (χ0) is 17.7. The molecule has 2 aliphatic rings. The molecule has 2 N–H and O–H groups in total. The van der Waals surface area contributed by atoms with Crippen LogP contribution in [0.3, 0.4) is 0 Å². The summed E-state index contributed by atoms with van der Waals surface area (Å²) in [5.74, 6) is -0.592. The first kappa shape index (κ1) is 16.5. The van der Waals surface area contributed by atoms with Crippen LogP contribution in [0.2, 0.25) is 10.0 Å². The SMILES string of the molecule is Cc1ccc(C(=O)O)c2c1N[C@H](c1ccc(Cl)cc1Cl)[C@H]1CC=C[C@@H]21.